The Bertz CT molecular complexity index is 266. The molecule has 11 heteroatoms. The first-order chi connectivity index (χ1) is 9.90. The fourth-order valence-corrected chi connectivity index (χ4v) is 0.485. The first-order valence-electron chi connectivity index (χ1n) is 4.89. The SMILES string of the molecule is CCC(CO)(CO)CO.N=C=O.N=C=O.N=C=O.N=C=O. The first kappa shape index (κ1) is 31.0. The predicted octanol–water partition coefficient (Wildman–Crippen LogP) is -1.04. The molecule has 0 spiro atoms. The summed E-state index contributed by atoms with van der Waals surface area (Å²) in [5.41, 5.74) is -0.667. The van der Waals surface area contributed by atoms with Crippen LogP contribution in [0.3, 0.4) is 0 Å². The summed E-state index contributed by atoms with van der Waals surface area (Å²) in [4.78, 5) is 33.4. The van der Waals surface area contributed by atoms with Gasteiger partial charge in [-0.05, 0) is 6.42 Å². The molecular formula is C10H18N4O7. The summed E-state index contributed by atoms with van der Waals surface area (Å²) in [6.07, 6.45) is 3.59. The fraction of sp³-hybridized carbons (Fsp3) is 0.600. The monoisotopic (exact) mass is 306 g/mol. The quantitative estimate of drug-likeness (QED) is 0.252. The van der Waals surface area contributed by atoms with E-state index in [1.54, 1.807) is 0 Å². The third-order valence-electron chi connectivity index (χ3n) is 1.76. The van der Waals surface area contributed by atoms with Crippen LogP contribution >= 0.6 is 0 Å². The van der Waals surface area contributed by atoms with Gasteiger partial charge in [-0.3, -0.25) is 0 Å². The molecule has 0 unspecified atom stereocenters. The van der Waals surface area contributed by atoms with E-state index in [-0.39, 0.29) is 19.8 Å². The molecule has 0 saturated carbocycles. The van der Waals surface area contributed by atoms with Gasteiger partial charge in [-0.1, -0.05) is 6.92 Å². The Balaban J connectivity index is -0.0000000593. The Morgan fingerprint density at radius 2 is 0.857 bits per heavy atom. The third kappa shape index (κ3) is 46.7. The van der Waals surface area contributed by atoms with Gasteiger partial charge in [0, 0.05) is 5.41 Å². The maximum atomic E-state index is 8.66. The number of nitrogens with one attached hydrogen (secondary N) is 4. The minimum absolute atomic E-state index is 0.156. The molecule has 0 saturated heterocycles. The van der Waals surface area contributed by atoms with Gasteiger partial charge in [0.1, 0.15) is 0 Å². The molecule has 0 amide bonds. The summed E-state index contributed by atoms with van der Waals surface area (Å²) in [5, 5.41) is 47.6. The summed E-state index contributed by atoms with van der Waals surface area (Å²) >= 11 is 0. The van der Waals surface area contributed by atoms with Crippen LogP contribution in [0, 0.1) is 27.1 Å². The van der Waals surface area contributed by atoms with Crippen molar-refractivity contribution in [1.82, 2.24) is 0 Å². The standard InChI is InChI=1S/C6H14O3.4CHNO/c1-2-6(3-7,4-8)5-9;4*2-1-3/h7-9H,2-5H2,1H3;4*2H. The number of hydrogen-bond acceptors (Lipinski definition) is 11. The van der Waals surface area contributed by atoms with E-state index in [4.69, 9.17) is 56.1 Å². The van der Waals surface area contributed by atoms with Gasteiger partial charge >= 0.3 is 0 Å². The first-order valence-corrected chi connectivity index (χ1v) is 4.89. The van der Waals surface area contributed by atoms with E-state index in [2.05, 4.69) is 0 Å². The van der Waals surface area contributed by atoms with Gasteiger partial charge in [-0.15, -0.1) is 0 Å². The summed E-state index contributed by atoms with van der Waals surface area (Å²) in [6.45, 7) is 1.35. The second kappa shape index (κ2) is 36.0. The maximum absolute atomic E-state index is 8.66. The Morgan fingerprint density at radius 3 is 0.857 bits per heavy atom. The molecule has 0 aromatic carbocycles. The average molecular weight is 306 g/mol. The molecule has 0 fully saturated rings. The molecule has 7 N–H and O–H groups in total. The summed E-state index contributed by atoms with van der Waals surface area (Å²) in [5.74, 6) is 0. The second-order valence-corrected chi connectivity index (χ2v) is 2.74. The lowest BCUT2D eigenvalue weighted by molar-refractivity contribution is 0.00304. The Labute approximate surface area is 120 Å². The lowest BCUT2D eigenvalue weighted by Gasteiger charge is -2.24. The molecule has 120 valence electrons. The predicted molar refractivity (Wildman–Crippen MR) is 67.6 cm³/mol. The lowest BCUT2D eigenvalue weighted by Crippen LogP contribution is -2.32. The van der Waals surface area contributed by atoms with Crippen LogP contribution in [0.5, 0.6) is 0 Å². The van der Waals surface area contributed by atoms with E-state index in [1.165, 1.54) is 0 Å². The molecule has 11 nitrogen and oxygen atoms in total. The van der Waals surface area contributed by atoms with Crippen LogP contribution < -0.4 is 0 Å². The summed E-state index contributed by atoms with van der Waals surface area (Å²) < 4.78 is 0. The van der Waals surface area contributed by atoms with Gasteiger partial charge in [-0.25, -0.2) is 40.8 Å². The van der Waals surface area contributed by atoms with Gasteiger partial charge in [0.15, 0.2) is 0 Å². The molecule has 0 aromatic heterocycles. The smallest absolute Gasteiger partial charge is 0.231 e. The van der Waals surface area contributed by atoms with Crippen LogP contribution in [-0.2, 0) is 19.2 Å². The van der Waals surface area contributed by atoms with Gasteiger partial charge in [-0.2, -0.15) is 0 Å². The third-order valence-corrected chi connectivity index (χ3v) is 1.76. The highest BCUT2D eigenvalue weighted by atomic mass is 16.3. The normalized spacial score (nSPS) is 6.67. The van der Waals surface area contributed by atoms with Gasteiger partial charge < -0.3 is 15.3 Å². The molecule has 0 aliphatic carbocycles. The van der Waals surface area contributed by atoms with Crippen molar-refractivity contribution in [3.63, 3.8) is 0 Å². The molecule has 0 atom stereocenters. The van der Waals surface area contributed by atoms with E-state index in [1.807, 2.05) is 6.92 Å². The topological polar surface area (TPSA) is 224 Å². The molecular weight excluding hydrogens is 288 g/mol. The number of aliphatic hydroxyl groups excluding tert-OH is 3. The minimum atomic E-state index is -0.667. The second-order valence-electron chi connectivity index (χ2n) is 2.74. The number of carbonyl (C=O) groups excluding carboxylic acids is 4. The van der Waals surface area contributed by atoms with Crippen molar-refractivity contribution in [3.05, 3.63) is 0 Å². The number of rotatable bonds is 4. The van der Waals surface area contributed by atoms with Gasteiger partial charge in [0.25, 0.3) is 0 Å². The zero-order chi connectivity index (χ0) is 18.2. The summed E-state index contributed by atoms with van der Waals surface area (Å²) in [6, 6.07) is 0. The van der Waals surface area contributed by atoms with E-state index in [0.29, 0.717) is 6.42 Å². The maximum Gasteiger partial charge on any atom is 0.231 e. The van der Waals surface area contributed by atoms with Crippen LogP contribution in [0.4, 0.5) is 0 Å². The molecule has 0 bridgehead atoms. The molecule has 0 aromatic rings. The van der Waals surface area contributed by atoms with Crippen molar-refractivity contribution in [3.8, 4) is 0 Å². The number of hydrogen-bond donors (Lipinski definition) is 7. The highest BCUT2D eigenvalue weighted by Crippen LogP contribution is 2.18. The molecule has 0 radical (unpaired) electrons. The fourth-order valence-electron chi connectivity index (χ4n) is 0.485. The molecule has 21 heavy (non-hydrogen) atoms. The van der Waals surface area contributed by atoms with Crippen molar-refractivity contribution in [2.45, 2.75) is 13.3 Å². The number of isocyanates is 4. The highest BCUT2D eigenvalue weighted by molar-refractivity contribution is 5.26. The molecule has 0 aliphatic heterocycles. The van der Waals surface area contributed by atoms with Crippen LogP contribution in [0.15, 0.2) is 0 Å². The van der Waals surface area contributed by atoms with Crippen molar-refractivity contribution in [2.75, 3.05) is 19.8 Å². The van der Waals surface area contributed by atoms with E-state index >= 15 is 0 Å². The van der Waals surface area contributed by atoms with E-state index in [9.17, 15) is 0 Å². The van der Waals surface area contributed by atoms with Crippen molar-refractivity contribution >= 4 is 24.3 Å². The Morgan fingerprint density at radius 1 is 0.714 bits per heavy atom. The van der Waals surface area contributed by atoms with E-state index < -0.39 is 5.41 Å². The van der Waals surface area contributed by atoms with Crippen molar-refractivity contribution in [2.24, 2.45) is 5.41 Å². The lowest BCUT2D eigenvalue weighted by atomic mass is 9.88. The van der Waals surface area contributed by atoms with Gasteiger partial charge in [0.05, 0.1) is 19.8 Å². The van der Waals surface area contributed by atoms with E-state index in [0.717, 1.165) is 24.3 Å². The zero-order valence-electron chi connectivity index (χ0n) is 11.3. The van der Waals surface area contributed by atoms with Crippen molar-refractivity contribution in [1.29, 1.82) is 21.6 Å². The molecule has 0 aliphatic rings. The largest absolute Gasteiger partial charge is 0.396 e. The van der Waals surface area contributed by atoms with Crippen LogP contribution in [0.25, 0.3) is 0 Å². The Kier molecular flexibility index (Phi) is 53.2. The average Bonchev–Trinajstić information content (AvgIpc) is 2.45. The zero-order valence-corrected chi connectivity index (χ0v) is 11.3. The van der Waals surface area contributed by atoms with Crippen LogP contribution in [-0.4, -0.2) is 59.5 Å². The van der Waals surface area contributed by atoms with Crippen LogP contribution in [0.2, 0.25) is 0 Å². The molecule has 0 rings (SSSR count). The Hall–Kier alpha value is -2.60. The van der Waals surface area contributed by atoms with Crippen molar-refractivity contribution < 1.29 is 34.5 Å². The summed E-state index contributed by atoms with van der Waals surface area (Å²) in [7, 11) is 0. The van der Waals surface area contributed by atoms with Crippen LogP contribution in [0.1, 0.15) is 13.3 Å². The highest BCUT2D eigenvalue weighted by Gasteiger charge is 2.24. The van der Waals surface area contributed by atoms with Gasteiger partial charge in [0.2, 0.25) is 24.3 Å². The minimum Gasteiger partial charge on any atom is -0.396 e. The number of aliphatic hydroxyl groups is 3. The molecule has 0 heterocycles.